The minimum absolute atomic E-state index is 0.344. The number of amides is 2. The van der Waals surface area contributed by atoms with E-state index in [1.54, 1.807) is 6.92 Å². The molecule has 2 atom stereocenters. The normalized spacial score (nSPS) is 16.4. The Kier molecular flexibility index (Phi) is 6.31. The summed E-state index contributed by atoms with van der Waals surface area (Å²) in [5.41, 5.74) is -3.31. The van der Waals surface area contributed by atoms with E-state index in [0.29, 0.717) is 19.3 Å². The molecule has 3 N–H and O–H groups in total. The number of aliphatic carboxylic acids is 1. The van der Waals surface area contributed by atoms with Gasteiger partial charge in [0.05, 0.1) is 0 Å². The van der Waals surface area contributed by atoms with Crippen LogP contribution in [0, 0.1) is 5.92 Å². The molecule has 0 saturated heterocycles. The summed E-state index contributed by atoms with van der Waals surface area (Å²) < 4.78 is 38.1. The first kappa shape index (κ1) is 18.5. The van der Waals surface area contributed by atoms with Crippen LogP contribution in [0.5, 0.6) is 0 Å². The third-order valence-electron chi connectivity index (χ3n) is 2.91. The van der Waals surface area contributed by atoms with Crippen molar-refractivity contribution in [3.05, 3.63) is 0 Å². The molecule has 0 aromatic heterocycles. The molecule has 0 aliphatic heterocycles. The average Bonchev–Trinajstić information content (AvgIpc) is 2.24. The Bertz CT molecular complexity index is 358. The molecule has 0 saturated carbocycles. The highest BCUT2D eigenvalue weighted by Crippen LogP contribution is 2.30. The minimum Gasteiger partial charge on any atom is -0.479 e. The molecule has 5 nitrogen and oxygen atoms in total. The van der Waals surface area contributed by atoms with Crippen molar-refractivity contribution in [2.75, 3.05) is 0 Å². The lowest BCUT2D eigenvalue weighted by Gasteiger charge is -2.29. The maximum absolute atomic E-state index is 12.7. The van der Waals surface area contributed by atoms with Crippen LogP contribution in [0.15, 0.2) is 0 Å². The first-order valence-electron chi connectivity index (χ1n) is 6.29. The summed E-state index contributed by atoms with van der Waals surface area (Å²) in [7, 11) is 0. The fraction of sp³-hybridized carbons (Fsp3) is 0.833. The molecule has 118 valence electrons. The number of hydrogen-bond acceptors (Lipinski definition) is 2. The van der Waals surface area contributed by atoms with E-state index in [1.165, 1.54) is 5.32 Å². The molecule has 0 rings (SSSR count). The Morgan fingerprint density at radius 2 is 1.65 bits per heavy atom. The number of urea groups is 1. The number of alkyl halides is 3. The predicted octanol–water partition coefficient (Wildman–Crippen LogP) is 2.52. The van der Waals surface area contributed by atoms with Crippen molar-refractivity contribution in [1.82, 2.24) is 10.6 Å². The number of rotatable bonds is 6. The second-order valence-electron chi connectivity index (χ2n) is 5.40. The lowest BCUT2D eigenvalue weighted by atomic mass is 10.0. The number of carboxylic acid groups (broad SMARTS) is 1. The van der Waals surface area contributed by atoms with E-state index in [4.69, 9.17) is 5.11 Å². The fourth-order valence-electron chi connectivity index (χ4n) is 1.39. The number of nitrogens with one attached hydrogen (secondary N) is 2. The van der Waals surface area contributed by atoms with Crippen LogP contribution in [0.4, 0.5) is 18.0 Å². The maximum Gasteiger partial charge on any atom is 0.422 e. The molecule has 0 aliphatic carbocycles. The summed E-state index contributed by atoms with van der Waals surface area (Å²) in [5.74, 6) is -1.75. The lowest BCUT2D eigenvalue weighted by Crippen LogP contribution is -2.64. The Morgan fingerprint density at radius 1 is 1.15 bits per heavy atom. The molecule has 20 heavy (non-hydrogen) atoms. The van der Waals surface area contributed by atoms with Crippen LogP contribution in [0.1, 0.15) is 40.5 Å². The molecule has 2 unspecified atom stereocenters. The average molecular weight is 298 g/mol. The van der Waals surface area contributed by atoms with E-state index < -0.39 is 23.7 Å². The maximum atomic E-state index is 12.7. The van der Waals surface area contributed by atoms with Crippen LogP contribution in [-0.4, -0.2) is 34.9 Å². The van der Waals surface area contributed by atoms with Crippen LogP contribution < -0.4 is 10.6 Å². The molecule has 0 aromatic carbocycles. The second-order valence-corrected chi connectivity index (χ2v) is 5.40. The van der Waals surface area contributed by atoms with Gasteiger partial charge in [0.25, 0.3) is 0 Å². The molecule has 0 bridgehead atoms. The van der Waals surface area contributed by atoms with E-state index in [9.17, 15) is 22.8 Å². The quantitative estimate of drug-likeness (QED) is 0.705. The summed E-state index contributed by atoms with van der Waals surface area (Å²) in [6.45, 7) is 6.03. The Morgan fingerprint density at radius 3 is 2.00 bits per heavy atom. The third kappa shape index (κ3) is 5.26. The highest BCUT2D eigenvalue weighted by atomic mass is 19.4. The first-order chi connectivity index (χ1) is 8.90. The zero-order valence-electron chi connectivity index (χ0n) is 12.0. The molecule has 0 aromatic rings. The molecule has 2 amide bonds. The van der Waals surface area contributed by atoms with Gasteiger partial charge in [0.1, 0.15) is 0 Å². The highest BCUT2D eigenvalue weighted by Gasteiger charge is 2.58. The van der Waals surface area contributed by atoms with Crippen molar-refractivity contribution in [3.63, 3.8) is 0 Å². The molecule has 0 radical (unpaired) electrons. The van der Waals surface area contributed by atoms with Gasteiger partial charge in [0, 0.05) is 6.04 Å². The summed E-state index contributed by atoms with van der Waals surface area (Å²) in [6.07, 6.45) is -3.69. The van der Waals surface area contributed by atoms with Gasteiger partial charge in [0.15, 0.2) is 0 Å². The van der Waals surface area contributed by atoms with E-state index >= 15 is 0 Å². The van der Waals surface area contributed by atoms with Gasteiger partial charge in [-0.25, -0.2) is 9.59 Å². The van der Waals surface area contributed by atoms with Gasteiger partial charge in [0.2, 0.25) is 5.54 Å². The Labute approximate surface area is 115 Å². The van der Waals surface area contributed by atoms with Crippen molar-refractivity contribution in [2.24, 2.45) is 5.92 Å². The zero-order chi connectivity index (χ0) is 16.1. The van der Waals surface area contributed by atoms with Gasteiger partial charge in [-0.1, -0.05) is 13.8 Å². The van der Waals surface area contributed by atoms with E-state index in [2.05, 4.69) is 5.32 Å². The van der Waals surface area contributed by atoms with Gasteiger partial charge in [-0.05, 0) is 32.6 Å². The standard InChI is InChI=1S/C12H21F3N2O3/c1-7(2)5-6-8(3)16-10(20)17-11(4,9(18)19)12(13,14)15/h7-8H,5-6H2,1-4H3,(H,18,19)(H2,16,17,20). The van der Waals surface area contributed by atoms with E-state index in [-0.39, 0.29) is 6.04 Å². The molecule has 0 heterocycles. The van der Waals surface area contributed by atoms with Gasteiger partial charge in [-0.2, -0.15) is 13.2 Å². The van der Waals surface area contributed by atoms with Gasteiger partial charge < -0.3 is 15.7 Å². The Balaban J connectivity index is 4.61. The monoisotopic (exact) mass is 298 g/mol. The third-order valence-corrected chi connectivity index (χ3v) is 2.91. The summed E-state index contributed by atoms with van der Waals surface area (Å²) in [4.78, 5) is 22.2. The van der Waals surface area contributed by atoms with Gasteiger partial charge >= 0.3 is 18.2 Å². The number of hydrogen-bond donors (Lipinski definition) is 3. The molecular weight excluding hydrogens is 277 g/mol. The van der Waals surface area contributed by atoms with Crippen LogP contribution >= 0.6 is 0 Å². The molecule has 0 fully saturated rings. The zero-order valence-corrected chi connectivity index (χ0v) is 12.0. The number of carboxylic acids is 1. The van der Waals surface area contributed by atoms with E-state index in [1.807, 2.05) is 13.8 Å². The van der Waals surface area contributed by atoms with Crippen LogP contribution in [0.25, 0.3) is 0 Å². The molecule has 8 heteroatoms. The van der Waals surface area contributed by atoms with Crippen LogP contribution in [-0.2, 0) is 4.79 Å². The number of carbonyl (C=O) groups is 2. The lowest BCUT2D eigenvalue weighted by molar-refractivity contribution is -0.203. The van der Waals surface area contributed by atoms with Crippen molar-refractivity contribution < 1.29 is 27.9 Å². The van der Waals surface area contributed by atoms with Crippen molar-refractivity contribution >= 4 is 12.0 Å². The predicted molar refractivity (Wildman–Crippen MR) is 67.3 cm³/mol. The summed E-state index contributed by atoms with van der Waals surface area (Å²) in [5, 5.41) is 12.4. The summed E-state index contributed by atoms with van der Waals surface area (Å²) in [6, 6.07) is -1.49. The van der Waals surface area contributed by atoms with Crippen LogP contribution in [0.2, 0.25) is 0 Å². The van der Waals surface area contributed by atoms with Crippen molar-refractivity contribution in [2.45, 2.75) is 58.3 Å². The van der Waals surface area contributed by atoms with Crippen molar-refractivity contribution in [3.8, 4) is 0 Å². The topological polar surface area (TPSA) is 78.4 Å². The number of carbonyl (C=O) groups excluding carboxylic acids is 1. The smallest absolute Gasteiger partial charge is 0.422 e. The van der Waals surface area contributed by atoms with E-state index in [0.717, 1.165) is 6.42 Å². The van der Waals surface area contributed by atoms with Crippen LogP contribution in [0.3, 0.4) is 0 Å². The number of halogens is 3. The van der Waals surface area contributed by atoms with Crippen molar-refractivity contribution in [1.29, 1.82) is 0 Å². The fourth-order valence-corrected chi connectivity index (χ4v) is 1.39. The molecular formula is C12H21F3N2O3. The first-order valence-corrected chi connectivity index (χ1v) is 6.29. The SMILES string of the molecule is CC(C)CCC(C)NC(=O)NC(C)(C(=O)O)C(F)(F)F. The summed E-state index contributed by atoms with van der Waals surface area (Å²) >= 11 is 0. The molecule has 0 aliphatic rings. The second kappa shape index (κ2) is 6.81. The molecule has 0 spiro atoms. The Hall–Kier alpha value is -1.47. The highest BCUT2D eigenvalue weighted by molar-refractivity contribution is 5.86. The largest absolute Gasteiger partial charge is 0.479 e. The minimum atomic E-state index is -5.09. The van der Waals surface area contributed by atoms with Gasteiger partial charge in [-0.15, -0.1) is 0 Å². The van der Waals surface area contributed by atoms with Gasteiger partial charge in [-0.3, -0.25) is 0 Å².